The summed E-state index contributed by atoms with van der Waals surface area (Å²) in [6, 6.07) is 24.8. The van der Waals surface area contributed by atoms with E-state index in [-0.39, 0.29) is 11.6 Å². The highest BCUT2D eigenvalue weighted by Gasteiger charge is 2.42. The Morgan fingerprint density at radius 2 is 0.586 bits per heavy atom. The number of fused-ring (bicyclic) bond motifs is 4. The maximum atomic E-state index is 16.2. The highest BCUT2D eigenvalue weighted by molar-refractivity contribution is 7.17. The normalized spacial score (nSPS) is 13.9. The van der Waals surface area contributed by atoms with Crippen LogP contribution in [0.15, 0.2) is 22.9 Å². The molecular formula is C50H80O2S2Si4. The Labute approximate surface area is 366 Å². The lowest BCUT2D eigenvalue weighted by atomic mass is 9.73. The number of aryl methyl sites for hydroxylation is 4. The largest absolute Gasteiger partial charge is 0.289 e. The molecule has 0 amide bonds. The van der Waals surface area contributed by atoms with Crippen molar-refractivity contribution >= 4 is 86.7 Å². The van der Waals surface area contributed by atoms with E-state index in [1.165, 1.54) is 139 Å². The molecule has 2 aromatic heterocycles. The number of thiophene rings is 2. The van der Waals surface area contributed by atoms with Crippen LogP contribution in [0.5, 0.6) is 0 Å². The third kappa shape index (κ3) is 8.65. The SMILES string of the molecule is CC[Si](CC)(CC)CCc1c2c(c(CC[Si](CC)(CC)CC)c3sccc13)C(=O)c1c(c(CC[Si](CC)(CC)CC)c3ccsc3c1CC[Si](CC)(CC)CC)C2=O. The molecule has 5 rings (SSSR count). The van der Waals surface area contributed by atoms with Crippen molar-refractivity contribution in [2.24, 2.45) is 0 Å². The van der Waals surface area contributed by atoms with E-state index < -0.39 is 32.3 Å². The molecule has 1 aliphatic rings. The van der Waals surface area contributed by atoms with Crippen LogP contribution in [0.25, 0.3) is 20.2 Å². The molecule has 320 valence electrons. The fourth-order valence-corrected chi connectivity index (χ4v) is 27.0. The molecule has 0 fully saturated rings. The first kappa shape index (κ1) is 47.6. The van der Waals surface area contributed by atoms with E-state index in [1.807, 2.05) is 22.7 Å². The van der Waals surface area contributed by atoms with Gasteiger partial charge in [0.05, 0.1) is 32.3 Å². The minimum atomic E-state index is -1.50. The summed E-state index contributed by atoms with van der Waals surface area (Å²) in [4.78, 5) is 32.5. The van der Waals surface area contributed by atoms with E-state index in [9.17, 15) is 0 Å². The average molecular weight is 890 g/mol. The standard InChI is InChI=1S/C50H80O2S2Si4/c1-13-55(14-2,15-3)33-27-37-39-25-31-53-49(39)41(29-35-57(19-7,20-8)21-9)45-43(37)47(51)44-38(28-34-56(16-4,17-5)18-6)40-26-32-54-50(40)42(46(44)48(45)52)30-36-58(22-10,23-11)24-12/h25-26,31-32H,13-24,27-30,33-36H2,1-12H3. The van der Waals surface area contributed by atoms with Crippen LogP contribution in [0, 0.1) is 0 Å². The number of hydrogen-bond acceptors (Lipinski definition) is 4. The minimum absolute atomic E-state index is 0.196. The predicted octanol–water partition coefficient (Wildman–Crippen LogP) is 17.1. The van der Waals surface area contributed by atoms with Gasteiger partial charge in [0.2, 0.25) is 0 Å². The number of carbonyl (C=O) groups is 2. The lowest BCUT2D eigenvalue weighted by Crippen LogP contribution is -2.34. The lowest BCUT2D eigenvalue weighted by molar-refractivity contribution is 0.0976. The maximum Gasteiger partial charge on any atom is 0.195 e. The minimum Gasteiger partial charge on any atom is -0.289 e. The molecule has 8 heteroatoms. The van der Waals surface area contributed by atoms with E-state index in [2.05, 4.69) is 106 Å². The quantitative estimate of drug-likeness (QED) is 0.0579. The van der Waals surface area contributed by atoms with Crippen LogP contribution in [-0.2, 0) is 25.7 Å². The third-order valence-electron chi connectivity index (χ3n) is 17.8. The van der Waals surface area contributed by atoms with Crippen molar-refractivity contribution in [2.45, 2.75) is 205 Å². The molecule has 4 aromatic rings. The van der Waals surface area contributed by atoms with Crippen LogP contribution >= 0.6 is 22.7 Å². The molecule has 0 saturated carbocycles. The van der Waals surface area contributed by atoms with Crippen molar-refractivity contribution < 1.29 is 9.59 Å². The zero-order chi connectivity index (χ0) is 42.5. The molecule has 0 aliphatic heterocycles. The summed E-state index contributed by atoms with van der Waals surface area (Å²) in [5.74, 6) is 0.396. The highest BCUT2D eigenvalue weighted by Crippen LogP contribution is 2.48. The Balaban J connectivity index is 1.87. The zero-order valence-electron chi connectivity index (χ0n) is 39.1. The van der Waals surface area contributed by atoms with Crippen LogP contribution in [0.3, 0.4) is 0 Å². The highest BCUT2D eigenvalue weighted by atomic mass is 32.1. The van der Waals surface area contributed by atoms with Crippen molar-refractivity contribution in [3.05, 3.63) is 67.4 Å². The third-order valence-corrected chi connectivity index (χ3v) is 43.0. The number of carbonyl (C=O) groups excluding carboxylic acids is 2. The topological polar surface area (TPSA) is 34.1 Å². The maximum absolute atomic E-state index is 16.2. The summed E-state index contributed by atoms with van der Waals surface area (Å²) in [5, 5.41) is 7.09. The monoisotopic (exact) mass is 888 g/mol. The average Bonchev–Trinajstić information content (AvgIpc) is 3.97. The summed E-state index contributed by atoms with van der Waals surface area (Å²) >= 11 is 3.67. The summed E-state index contributed by atoms with van der Waals surface area (Å²) < 4.78 is 2.61. The predicted molar refractivity (Wildman–Crippen MR) is 273 cm³/mol. The van der Waals surface area contributed by atoms with Gasteiger partial charge in [-0.1, -0.05) is 180 Å². The number of rotatable bonds is 24. The second-order valence-corrected chi connectivity index (χ2v) is 43.0. The molecule has 0 saturated heterocycles. The second kappa shape index (κ2) is 20.2. The number of ketones is 2. The van der Waals surface area contributed by atoms with Crippen molar-refractivity contribution in [3.63, 3.8) is 0 Å². The van der Waals surface area contributed by atoms with Gasteiger partial charge >= 0.3 is 0 Å². The first-order valence-corrected chi connectivity index (χ1v) is 37.2. The molecule has 0 bridgehead atoms. The van der Waals surface area contributed by atoms with Gasteiger partial charge in [-0.15, -0.1) is 22.7 Å². The van der Waals surface area contributed by atoms with Gasteiger partial charge in [0.1, 0.15) is 0 Å². The summed E-state index contributed by atoms with van der Waals surface area (Å²) in [7, 11) is -6.01. The molecule has 0 radical (unpaired) electrons. The van der Waals surface area contributed by atoms with E-state index in [0.717, 1.165) is 47.9 Å². The molecule has 0 atom stereocenters. The molecule has 2 nitrogen and oxygen atoms in total. The molecule has 58 heavy (non-hydrogen) atoms. The first-order chi connectivity index (χ1) is 27.9. The Kier molecular flexibility index (Phi) is 16.6. The van der Waals surface area contributed by atoms with Gasteiger partial charge in [-0.25, -0.2) is 0 Å². The Morgan fingerprint density at radius 3 is 0.828 bits per heavy atom. The fraction of sp³-hybridized carbons (Fsp3) is 0.640. The summed E-state index contributed by atoms with van der Waals surface area (Å²) in [6.07, 6.45) is 3.68. The van der Waals surface area contributed by atoms with Gasteiger partial charge in [-0.3, -0.25) is 9.59 Å². The van der Waals surface area contributed by atoms with Crippen LogP contribution in [0.1, 0.15) is 137 Å². The zero-order valence-corrected chi connectivity index (χ0v) is 44.7. The van der Waals surface area contributed by atoms with E-state index in [1.54, 1.807) is 0 Å². The molecule has 0 unspecified atom stereocenters. The number of hydrogen-bond donors (Lipinski definition) is 0. The number of benzene rings is 2. The van der Waals surface area contributed by atoms with Crippen molar-refractivity contribution in [2.75, 3.05) is 0 Å². The fourth-order valence-electron chi connectivity index (χ4n) is 11.6. The summed E-state index contributed by atoms with van der Waals surface area (Å²) in [6.45, 7) is 28.9. The van der Waals surface area contributed by atoms with Gasteiger partial charge in [0, 0.05) is 31.7 Å². The van der Waals surface area contributed by atoms with Gasteiger partial charge in [0.15, 0.2) is 11.6 Å². The van der Waals surface area contributed by atoms with Crippen LogP contribution < -0.4 is 0 Å². The smallest absolute Gasteiger partial charge is 0.195 e. The lowest BCUT2D eigenvalue weighted by Gasteiger charge is -2.33. The Hall–Kier alpha value is -1.43. The van der Waals surface area contributed by atoms with Crippen LogP contribution in [0.2, 0.25) is 96.7 Å². The van der Waals surface area contributed by atoms with E-state index in [0.29, 0.717) is 0 Å². The summed E-state index contributed by atoms with van der Waals surface area (Å²) in [5.41, 5.74) is 8.18. The van der Waals surface area contributed by atoms with E-state index >= 15 is 9.59 Å². The van der Waals surface area contributed by atoms with Crippen molar-refractivity contribution in [1.29, 1.82) is 0 Å². The van der Waals surface area contributed by atoms with Gasteiger partial charge < -0.3 is 0 Å². The molecule has 0 N–H and O–H groups in total. The Bertz CT molecular complexity index is 1730. The van der Waals surface area contributed by atoms with Crippen molar-refractivity contribution in [3.8, 4) is 0 Å². The molecule has 2 heterocycles. The van der Waals surface area contributed by atoms with Gasteiger partial charge in [0.25, 0.3) is 0 Å². The molecule has 2 aromatic carbocycles. The van der Waals surface area contributed by atoms with E-state index in [4.69, 9.17) is 0 Å². The molecule has 0 spiro atoms. The van der Waals surface area contributed by atoms with Crippen LogP contribution in [0.4, 0.5) is 0 Å². The Morgan fingerprint density at radius 1 is 0.362 bits per heavy atom. The second-order valence-electron chi connectivity index (χ2n) is 18.6. The first-order valence-electron chi connectivity index (χ1n) is 24.1. The van der Waals surface area contributed by atoms with Gasteiger partial charge in [-0.2, -0.15) is 0 Å². The van der Waals surface area contributed by atoms with Crippen molar-refractivity contribution in [1.82, 2.24) is 0 Å². The van der Waals surface area contributed by atoms with Crippen LogP contribution in [-0.4, -0.2) is 43.9 Å². The molecular weight excluding hydrogens is 809 g/mol. The van der Waals surface area contributed by atoms with Gasteiger partial charge in [-0.05, 0) is 81.6 Å². The molecule has 1 aliphatic carbocycles.